The van der Waals surface area contributed by atoms with Gasteiger partial charge in [-0.15, -0.1) is 0 Å². The average molecular weight is 296 g/mol. The van der Waals surface area contributed by atoms with E-state index in [1.54, 1.807) is 6.92 Å². The van der Waals surface area contributed by atoms with Gasteiger partial charge in [0.25, 0.3) is 0 Å². The first kappa shape index (κ1) is 16.1. The molecule has 0 saturated heterocycles. The van der Waals surface area contributed by atoms with E-state index in [0.717, 1.165) is 18.9 Å². The number of carbonyl (C=O) groups is 1. The molecule has 1 aliphatic carbocycles. The smallest absolute Gasteiger partial charge is 0.200 e. The SMILES string of the molecule is CCOC1(C(=O)c2c(F)ccc(C)c2F)CCCC(C)C1. The predicted octanol–water partition coefficient (Wildman–Crippen LogP) is 4.44. The number of Topliss-reactive ketones (excluding diaryl/α,β-unsaturated/α-hetero) is 1. The van der Waals surface area contributed by atoms with Crippen LogP contribution < -0.4 is 0 Å². The summed E-state index contributed by atoms with van der Waals surface area (Å²) in [6.07, 6.45) is 2.90. The number of hydrogen-bond acceptors (Lipinski definition) is 2. The topological polar surface area (TPSA) is 26.3 Å². The molecule has 0 bridgehead atoms. The minimum atomic E-state index is -1.08. The van der Waals surface area contributed by atoms with E-state index in [9.17, 15) is 13.6 Å². The van der Waals surface area contributed by atoms with Gasteiger partial charge in [-0.2, -0.15) is 0 Å². The third-order valence-electron chi connectivity index (χ3n) is 4.30. The number of hydrogen-bond donors (Lipinski definition) is 0. The largest absolute Gasteiger partial charge is 0.367 e. The third kappa shape index (κ3) is 3.00. The van der Waals surface area contributed by atoms with Crippen LogP contribution in [0.3, 0.4) is 0 Å². The Bertz CT molecular complexity index is 538. The maximum absolute atomic E-state index is 14.3. The number of ketones is 1. The highest BCUT2D eigenvalue weighted by molar-refractivity contribution is 6.03. The average Bonchev–Trinajstić information content (AvgIpc) is 2.43. The van der Waals surface area contributed by atoms with Gasteiger partial charge in [-0.05, 0) is 50.7 Å². The van der Waals surface area contributed by atoms with Crippen molar-refractivity contribution in [2.45, 2.75) is 52.1 Å². The van der Waals surface area contributed by atoms with Crippen molar-refractivity contribution in [2.75, 3.05) is 6.61 Å². The Morgan fingerprint density at radius 1 is 1.43 bits per heavy atom. The first-order valence-electron chi connectivity index (χ1n) is 7.54. The molecule has 1 aliphatic rings. The van der Waals surface area contributed by atoms with Crippen LogP contribution in [0.1, 0.15) is 55.5 Å². The standard InChI is InChI=1S/C17H22F2O2/c1-4-21-17(9-5-6-11(2)10-17)16(20)14-13(18)8-7-12(3)15(14)19/h7-8,11H,4-6,9-10H2,1-3H3. The van der Waals surface area contributed by atoms with Crippen molar-refractivity contribution in [1.82, 2.24) is 0 Å². The fourth-order valence-corrected chi connectivity index (χ4v) is 3.27. The molecule has 0 aliphatic heterocycles. The van der Waals surface area contributed by atoms with Gasteiger partial charge in [0.15, 0.2) is 0 Å². The van der Waals surface area contributed by atoms with E-state index in [-0.39, 0.29) is 5.56 Å². The first-order chi connectivity index (χ1) is 9.91. The third-order valence-corrected chi connectivity index (χ3v) is 4.30. The lowest BCUT2D eigenvalue weighted by Crippen LogP contribution is -2.46. The Balaban J connectivity index is 2.47. The summed E-state index contributed by atoms with van der Waals surface area (Å²) in [5.41, 5.74) is -1.25. The summed E-state index contributed by atoms with van der Waals surface area (Å²) in [5, 5.41) is 0. The lowest BCUT2D eigenvalue weighted by Gasteiger charge is -2.38. The van der Waals surface area contributed by atoms with Gasteiger partial charge < -0.3 is 4.74 Å². The minimum absolute atomic E-state index is 0.273. The van der Waals surface area contributed by atoms with Crippen molar-refractivity contribution < 1.29 is 18.3 Å². The van der Waals surface area contributed by atoms with Gasteiger partial charge in [0.2, 0.25) is 5.78 Å². The van der Waals surface area contributed by atoms with Crippen LogP contribution in [0.2, 0.25) is 0 Å². The highest BCUT2D eigenvalue weighted by Crippen LogP contribution is 2.38. The fourth-order valence-electron chi connectivity index (χ4n) is 3.27. The Hall–Kier alpha value is -1.29. The molecule has 2 unspecified atom stereocenters. The van der Waals surface area contributed by atoms with Crippen molar-refractivity contribution in [1.29, 1.82) is 0 Å². The van der Waals surface area contributed by atoms with Crippen molar-refractivity contribution >= 4 is 5.78 Å². The van der Waals surface area contributed by atoms with Crippen molar-refractivity contribution in [2.24, 2.45) is 5.92 Å². The fraction of sp³-hybridized carbons (Fsp3) is 0.588. The van der Waals surface area contributed by atoms with Gasteiger partial charge in [0, 0.05) is 6.61 Å². The van der Waals surface area contributed by atoms with Crippen molar-refractivity contribution in [3.05, 3.63) is 34.9 Å². The van der Waals surface area contributed by atoms with Gasteiger partial charge in [-0.1, -0.05) is 19.4 Å². The van der Waals surface area contributed by atoms with E-state index < -0.39 is 28.6 Å². The molecule has 21 heavy (non-hydrogen) atoms. The van der Waals surface area contributed by atoms with E-state index >= 15 is 0 Å². The molecule has 0 amide bonds. The molecule has 0 spiro atoms. The number of benzene rings is 1. The summed E-state index contributed by atoms with van der Waals surface area (Å²) >= 11 is 0. The van der Waals surface area contributed by atoms with Crippen LogP contribution >= 0.6 is 0 Å². The highest BCUT2D eigenvalue weighted by Gasteiger charge is 2.44. The Morgan fingerprint density at radius 3 is 2.76 bits per heavy atom. The molecule has 0 N–H and O–H groups in total. The second kappa shape index (κ2) is 6.22. The van der Waals surface area contributed by atoms with Gasteiger partial charge in [-0.25, -0.2) is 8.78 Å². The van der Waals surface area contributed by atoms with Gasteiger partial charge in [0.1, 0.15) is 17.2 Å². The molecular formula is C17H22F2O2. The molecule has 0 radical (unpaired) electrons. The monoisotopic (exact) mass is 296 g/mol. The molecule has 4 heteroatoms. The summed E-state index contributed by atoms with van der Waals surface area (Å²) in [4.78, 5) is 12.8. The van der Waals surface area contributed by atoms with E-state index in [1.165, 1.54) is 13.0 Å². The molecule has 116 valence electrons. The molecule has 2 nitrogen and oxygen atoms in total. The number of ether oxygens (including phenoxy) is 1. The molecule has 2 rings (SSSR count). The molecule has 1 saturated carbocycles. The molecular weight excluding hydrogens is 274 g/mol. The molecule has 0 heterocycles. The lowest BCUT2D eigenvalue weighted by atomic mass is 9.74. The van der Waals surface area contributed by atoms with Crippen LogP contribution in [0.15, 0.2) is 12.1 Å². The summed E-state index contributed by atoms with van der Waals surface area (Å²) < 4.78 is 34.0. The first-order valence-corrected chi connectivity index (χ1v) is 7.54. The maximum atomic E-state index is 14.3. The van der Waals surface area contributed by atoms with Gasteiger partial charge in [-0.3, -0.25) is 4.79 Å². The molecule has 1 aromatic rings. The van der Waals surface area contributed by atoms with Crippen LogP contribution in [0.5, 0.6) is 0 Å². The highest BCUT2D eigenvalue weighted by atomic mass is 19.1. The van der Waals surface area contributed by atoms with E-state index in [1.807, 2.05) is 6.92 Å². The second-order valence-corrected chi connectivity index (χ2v) is 6.01. The van der Waals surface area contributed by atoms with E-state index in [4.69, 9.17) is 4.74 Å². The predicted molar refractivity (Wildman–Crippen MR) is 77.4 cm³/mol. The normalized spacial score (nSPS) is 25.9. The van der Waals surface area contributed by atoms with Crippen molar-refractivity contribution in [3.8, 4) is 0 Å². The zero-order valence-electron chi connectivity index (χ0n) is 12.8. The van der Waals surface area contributed by atoms with Crippen molar-refractivity contribution in [3.63, 3.8) is 0 Å². The van der Waals surface area contributed by atoms with Gasteiger partial charge >= 0.3 is 0 Å². The number of rotatable bonds is 4. The summed E-state index contributed by atoms with van der Waals surface area (Å²) in [6, 6.07) is 2.50. The van der Waals surface area contributed by atoms with Crippen LogP contribution in [0.25, 0.3) is 0 Å². The summed E-state index contributed by atoms with van der Waals surface area (Å²) in [5.74, 6) is -1.81. The van der Waals surface area contributed by atoms with Crippen LogP contribution in [0.4, 0.5) is 8.78 Å². The number of aryl methyl sites for hydroxylation is 1. The maximum Gasteiger partial charge on any atom is 0.200 e. The van der Waals surface area contributed by atoms with E-state index in [2.05, 4.69) is 0 Å². The molecule has 1 fully saturated rings. The minimum Gasteiger partial charge on any atom is -0.367 e. The summed E-state index contributed by atoms with van der Waals surface area (Å²) in [6.45, 7) is 5.73. The quantitative estimate of drug-likeness (QED) is 0.768. The Morgan fingerprint density at radius 2 is 2.14 bits per heavy atom. The Labute approximate surface area is 124 Å². The number of carbonyl (C=O) groups excluding carboxylic acids is 1. The van der Waals surface area contributed by atoms with Crippen LogP contribution in [-0.4, -0.2) is 18.0 Å². The molecule has 1 aromatic carbocycles. The molecule has 2 atom stereocenters. The second-order valence-electron chi connectivity index (χ2n) is 6.01. The summed E-state index contributed by atoms with van der Waals surface area (Å²) in [7, 11) is 0. The zero-order valence-corrected chi connectivity index (χ0v) is 12.8. The van der Waals surface area contributed by atoms with Crippen LogP contribution in [-0.2, 0) is 4.74 Å². The van der Waals surface area contributed by atoms with E-state index in [0.29, 0.717) is 25.4 Å². The number of halogens is 2. The Kier molecular flexibility index (Phi) is 4.77. The zero-order chi connectivity index (χ0) is 15.6. The lowest BCUT2D eigenvalue weighted by molar-refractivity contribution is -0.0516. The van der Waals surface area contributed by atoms with Gasteiger partial charge in [0.05, 0.1) is 5.56 Å². The molecule has 0 aromatic heterocycles. The van der Waals surface area contributed by atoms with Crippen LogP contribution in [0, 0.1) is 24.5 Å².